The van der Waals surface area contributed by atoms with Gasteiger partial charge < -0.3 is 10.6 Å². The molecule has 3 aromatic carbocycles. The molecule has 0 radical (unpaired) electrons. The normalized spacial score (nSPS) is 11.6. The number of hydrogen-bond acceptors (Lipinski definition) is 4. The predicted octanol–water partition coefficient (Wildman–Crippen LogP) is 6.21. The number of rotatable bonds is 8. The van der Waals surface area contributed by atoms with Crippen molar-refractivity contribution in [1.82, 2.24) is 4.98 Å². The first-order chi connectivity index (χ1) is 16.7. The van der Waals surface area contributed by atoms with Gasteiger partial charge in [0, 0.05) is 22.9 Å². The van der Waals surface area contributed by atoms with Crippen LogP contribution >= 0.6 is 11.8 Å². The maximum absolute atomic E-state index is 13.1. The Labute approximate surface area is 203 Å². The smallest absolute Gasteiger partial charge is 0.248 e. The van der Waals surface area contributed by atoms with E-state index in [9.17, 15) is 9.59 Å². The first-order valence-electron chi connectivity index (χ1n) is 10.7. The van der Waals surface area contributed by atoms with Gasteiger partial charge in [0.25, 0.3) is 0 Å². The van der Waals surface area contributed by atoms with Crippen LogP contribution < -0.4 is 10.6 Å². The first kappa shape index (κ1) is 23.0. The third kappa shape index (κ3) is 6.67. The Bertz CT molecular complexity index is 1250. The topological polar surface area (TPSA) is 71.1 Å². The van der Waals surface area contributed by atoms with E-state index in [0.717, 1.165) is 16.0 Å². The van der Waals surface area contributed by atoms with Crippen molar-refractivity contribution in [2.45, 2.75) is 10.1 Å². The van der Waals surface area contributed by atoms with Crippen molar-refractivity contribution >= 4 is 41.2 Å². The lowest BCUT2D eigenvalue weighted by atomic mass is 10.1. The van der Waals surface area contributed by atoms with Crippen molar-refractivity contribution in [2.24, 2.45) is 0 Å². The van der Waals surface area contributed by atoms with Crippen LogP contribution in [0.1, 0.15) is 16.4 Å². The van der Waals surface area contributed by atoms with Crippen molar-refractivity contribution < 1.29 is 9.59 Å². The molecule has 2 N–H and O–H groups in total. The summed E-state index contributed by atoms with van der Waals surface area (Å²) in [6.07, 6.45) is 4.91. The van der Waals surface area contributed by atoms with E-state index in [2.05, 4.69) is 15.6 Å². The van der Waals surface area contributed by atoms with E-state index in [0.29, 0.717) is 11.5 Å². The molecule has 6 heteroatoms. The zero-order chi connectivity index (χ0) is 23.6. The van der Waals surface area contributed by atoms with Gasteiger partial charge >= 0.3 is 0 Å². The fraction of sp³-hybridized carbons (Fsp3) is 0.0357. The number of aromatic nitrogens is 1. The lowest BCUT2D eigenvalue weighted by molar-refractivity contribution is -0.116. The number of benzene rings is 3. The zero-order valence-corrected chi connectivity index (χ0v) is 19.1. The van der Waals surface area contributed by atoms with Crippen molar-refractivity contribution in [1.29, 1.82) is 0 Å². The Morgan fingerprint density at radius 1 is 0.765 bits per heavy atom. The summed E-state index contributed by atoms with van der Waals surface area (Å²) in [5.41, 5.74) is 2.53. The van der Waals surface area contributed by atoms with Crippen LogP contribution in [0.15, 0.2) is 120 Å². The second-order valence-electron chi connectivity index (χ2n) is 7.37. The summed E-state index contributed by atoms with van der Waals surface area (Å²) in [7, 11) is 0. The summed E-state index contributed by atoms with van der Waals surface area (Å²) in [6, 6.07) is 32.1. The molecule has 5 nitrogen and oxygen atoms in total. The summed E-state index contributed by atoms with van der Waals surface area (Å²) in [4.78, 5) is 30.4. The average molecular weight is 466 g/mol. The molecule has 0 bridgehead atoms. The van der Waals surface area contributed by atoms with Crippen molar-refractivity contribution in [3.63, 3.8) is 0 Å². The van der Waals surface area contributed by atoms with Gasteiger partial charge in [-0.3, -0.25) is 9.59 Å². The lowest BCUT2D eigenvalue weighted by Gasteiger charge is -2.17. The minimum atomic E-state index is -0.461. The summed E-state index contributed by atoms with van der Waals surface area (Å²) < 4.78 is 0. The van der Waals surface area contributed by atoms with E-state index >= 15 is 0 Å². The van der Waals surface area contributed by atoms with Gasteiger partial charge in [-0.1, -0.05) is 66.7 Å². The fourth-order valence-corrected chi connectivity index (χ4v) is 4.23. The fourth-order valence-electron chi connectivity index (χ4n) is 3.20. The Balaban J connectivity index is 1.43. The quantitative estimate of drug-likeness (QED) is 0.240. The molecule has 0 fully saturated rings. The summed E-state index contributed by atoms with van der Waals surface area (Å²) >= 11 is 1.44. The van der Waals surface area contributed by atoms with Gasteiger partial charge in [0.05, 0.1) is 0 Å². The van der Waals surface area contributed by atoms with Crippen LogP contribution in [-0.4, -0.2) is 16.8 Å². The van der Waals surface area contributed by atoms with Crippen LogP contribution in [0.3, 0.4) is 0 Å². The second-order valence-corrected chi connectivity index (χ2v) is 8.55. The highest BCUT2D eigenvalue weighted by atomic mass is 32.2. The summed E-state index contributed by atoms with van der Waals surface area (Å²) in [5.74, 6) is 0.148. The van der Waals surface area contributed by atoms with E-state index in [1.807, 2.05) is 91.0 Å². The molecular weight excluding hydrogens is 442 g/mol. The molecule has 1 aromatic heterocycles. The van der Waals surface area contributed by atoms with Gasteiger partial charge in [-0.05, 0) is 53.6 Å². The number of anilines is 2. The molecular formula is C28H23N3O2S. The van der Waals surface area contributed by atoms with Gasteiger partial charge in [0.2, 0.25) is 11.8 Å². The molecule has 0 aliphatic rings. The zero-order valence-electron chi connectivity index (χ0n) is 18.3. The van der Waals surface area contributed by atoms with Gasteiger partial charge in [-0.25, -0.2) is 4.98 Å². The standard InChI is InChI=1S/C28H23N3O2S/c32-26(19-14-21-9-3-1-4-10-21)30-23-15-17-24(18-16-23)34-27(22-11-5-2-6-12-22)28(33)31-25-13-7-8-20-29-25/h1-20,27H,(H,30,32)(H,29,31,33)/b19-14+. The molecule has 0 saturated carbocycles. The van der Waals surface area contributed by atoms with Crippen LogP contribution in [0.25, 0.3) is 6.08 Å². The molecule has 34 heavy (non-hydrogen) atoms. The largest absolute Gasteiger partial charge is 0.323 e. The maximum Gasteiger partial charge on any atom is 0.248 e. The maximum atomic E-state index is 13.1. The monoisotopic (exact) mass is 465 g/mol. The van der Waals surface area contributed by atoms with Crippen LogP contribution in [0.5, 0.6) is 0 Å². The highest BCUT2D eigenvalue weighted by Gasteiger charge is 2.22. The number of carbonyl (C=O) groups excluding carboxylic acids is 2. The molecule has 1 unspecified atom stereocenters. The number of hydrogen-bond donors (Lipinski definition) is 2. The SMILES string of the molecule is O=C(/C=C/c1ccccc1)Nc1ccc(SC(C(=O)Nc2ccccn2)c2ccccc2)cc1. The minimum absolute atomic E-state index is 0.154. The number of carbonyl (C=O) groups is 2. The molecule has 4 rings (SSSR count). The van der Waals surface area contributed by atoms with E-state index in [1.165, 1.54) is 17.8 Å². The number of thioether (sulfide) groups is 1. The number of pyridine rings is 1. The average Bonchev–Trinajstić information content (AvgIpc) is 2.89. The van der Waals surface area contributed by atoms with E-state index in [-0.39, 0.29) is 11.8 Å². The highest BCUT2D eigenvalue weighted by Crippen LogP contribution is 2.36. The molecule has 4 aromatic rings. The molecule has 0 aliphatic heterocycles. The van der Waals surface area contributed by atoms with Crippen LogP contribution in [0, 0.1) is 0 Å². The van der Waals surface area contributed by atoms with E-state index in [4.69, 9.17) is 0 Å². The molecule has 1 atom stereocenters. The van der Waals surface area contributed by atoms with Crippen molar-refractivity contribution in [3.8, 4) is 0 Å². The molecule has 1 heterocycles. The van der Waals surface area contributed by atoms with Crippen molar-refractivity contribution in [2.75, 3.05) is 10.6 Å². The Kier molecular flexibility index (Phi) is 7.87. The van der Waals surface area contributed by atoms with E-state index in [1.54, 1.807) is 24.4 Å². The molecule has 0 saturated heterocycles. The van der Waals surface area contributed by atoms with Crippen LogP contribution in [0.4, 0.5) is 11.5 Å². The Morgan fingerprint density at radius 2 is 1.44 bits per heavy atom. The lowest BCUT2D eigenvalue weighted by Crippen LogP contribution is -2.19. The second kappa shape index (κ2) is 11.6. The summed E-state index contributed by atoms with van der Waals surface area (Å²) in [6.45, 7) is 0. The number of nitrogens with one attached hydrogen (secondary N) is 2. The van der Waals surface area contributed by atoms with Gasteiger partial charge in [0.15, 0.2) is 0 Å². The molecule has 0 spiro atoms. The summed E-state index contributed by atoms with van der Waals surface area (Å²) in [5, 5.41) is 5.29. The molecule has 168 valence electrons. The van der Waals surface area contributed by atoms with Crippen molar-refractivity contribution in [3.05, 3.63) is 127 Å². The van der Waals surface area contributed by atoms with Gasteiger partial charge in [-0.2, -0.15) is 0 Å². The van der Waals surface area contributed by atoms with Gasteiger partial charge in [-0.15, -0.1) is 11.8 Å². The number of amides is 2. The Morgan fingerprint density at radius 3 is 2.12 bits per heavy atom. The minimum Gasteiger partial charge on any atom is -0.323 e. The van der Waals surface area contributed by atoms with Crippen LogP contribution in [0.2, 0.25) is 0 Å². The number of nitrogens with zero attached hydrogens (tertiary/aromatic N) is 1. The predicted molar refractivity (Wildman–Crippen MR) is 138 cm³/mol. The third-order valence-electron chi connectivity index (χ3n) is 4.86. The van der Waals surface area contributed by atoms with E-state index < -0.39 is 5.25 Å². The van der Waals surface area contributed by atoms with Crippen LogP contribution in [-0.2, 0) is 9.59 Å². The highest BCUT2D eigenvalue weighted by molar-refractivity contribution is 8.00. The van der Waals surface area contributed by atoms with Gasteiger partial charge in [0.1, 0.15) is 11.1 Å². The first-order valence-corrected chi connectivity index (χ1v) is 11.6. The molecule has 0 aliphatic carbocycles. The third-order valence-corrected chi connectivity index (χ3v) is 6.13. The molecule has 2 amide bonds. The Hall–Kier alpha value is -4.16.